The molecular weight excluding hydrogens is 220 g/mol. The molecule has 2 N–H and O–H groups in total. The molecule has 0 spiro atoms. The summed E-state index contributed by atoms with van der Waals surface area (Å²) in [6, 6.07) is 2.03. The molecule has 3 nitrogen and oxygen atoms in total. The van der Waals surface area contributed by atoms with Gasteiger partial charge in [0.2, 0.25) is 0 Å². The third-order valence-corrected chi connectivity index (χ3v) is 3.40. The van der Waals surface area contributed by atoms with E-state index in [0.29, 0.717) is 6.61 Å². The number of aryl methyl sites for hydroxylation is 1. The smallest absolute Gasteiger partial charge is 0.0438 e. The van der Waals surface area contributed by atoms with Crippen molar-refractivity contribution in [2.24, 2.45) is 0 Å². The summed E-state index contributed by atoms with van der Waals surface area (Å²) in [6.45, 7) is 4.30. The van der Waals surface area contributed by atoms with Gasteiger partial charge in [0, 0.05) is 37.8 Å². The first kappa shape index (κ1) is 13.5. The number of hydrogen-bond donors (Lipinski definition) is 2. The Hall–Kier alpha value is -0.580. The van der Waals surface area contributed by atoms with Gasteiger partial charge in [-0.3, -0.25) is 4.98 Å². The zero-order valence-electron chi connectivity index (χ0n) is 9.78. The van der Waals surface area contributed by atoms with Crippen molar-refractivity contribution in [2.75, 3.05) is 24.7 Å². The second kappa shape index (κ2) is 8.56. The zero-order valence-corrected chi connectivity index (χ0v) is 10.6. The van der Waals surface area contributed by atoms with Crippen LogP contribution in [0.1, 0.15) is 17.5 Å². The molecule has 0 saturated heterocycles. The molecule has 16 heavy (non-hydrogen) atoms. The van der Waals surface area contributed by atoms with Crippen LogP contribution in [0.15, 0.2) is 18.5 Å². The second-order valence-corrected chi connectivity index (χ2v) is 4.89. The Morgan fingerprint density at radius 2 is 2.31 bits per heavy atom. The summed E-state index contributed by atoms with van der Waals surface area (Å²) < 4.78 is 0. The predicted molar refractivity (Wildman–Crippen MR) is 69.7 cm³/mol. The predicted octanol–water partition coefficient (Wildman–Crippen LogP) is 1.60. The summed E-state index contributed by atoms with van der Waals surface area (Å²) in [4.78, 5) is 4.11. The van der Waals surface area contributed by atoms with E-state index in [1.807, 2.05) is 30.2 Å². The van der Waals surface area contributed by atoms with Crippen LogP contribution < -0.4 is 5.32 Å². The largest absolute Gasteiger partial charge is 0.396 e. The van der Waals surface area contributed by atoms with E-state index in [9.17, 15) is 0 Å². The number of rotatable bonds is 8. The van der Waals surface area contributed by atoms with E-state index in [0.717, 1.165) is 31.0 Å². The first-order valence-corrected chi connectivity index (χ1v) is 6.79. The van der Waals surface area contributed by atoms with Crippen LogP contribution >= 0.6 is 11.8 Å². The number of hydrogen-bond acceptors (Lipinski definition) is 4. The van der Waals surface area contributed by atoms with Crippen molar-refractivity contribution in [2.45, 2.75) is 19.9 Å². The van der Waals surface area contributed by atoms with E-state index in [2.05, 4.69) is 17.2 Å². The minimum absolute atomic E-state index is 0.301. The van der Waals surface area contributed by atoms with E-state index in [1.54, 1.807) is 0 Å². The Labute approximate surface area is 102 Å². The fourth-order valence-electron chi connectivity index (χ4n) is 1.32. The molecular formula is C12H20N2OS. The summed E-state index contributed by atoms with van der Waals surface area (Å²) in [7, 11) is 0. The number of nitrogens with one attached hydrogen (secondary N) is 1. The average molecular weight is 240 g/mol. The summed E-state index contributed by atoms with van der Waals surface area (Å²) in [5.74, 6) is 2.14. The fourth-order valence-corrected chi connectivity index (χ4v) is 2.14. The van der Waals surface area contributed by atoms with Gasteiger partial charge in [-0.1, -0.05) is 0 Å². The minimum Gasteiger partial charge on any atom is -0.396 e. The number of thioether (sulfide) groups is 1. The lowest BCUT2D eigenvalue weighted by atomic mass is 10.2. The van der Waals surface area contributed by atoms with E-state index in [1.165, 1.54) is 11.1 Å². The van der Waals surface area contributed by atoms with Crippen LogP contribution in [0.5, 0.6) is 0 Å². The van der Waals surface area contributed by atoms with Crippen molar-refractivity contribution in [1.29, 1.82) is 0 Å². The molecule has 1 heterocycles. The maximum absolute atomic E-state index is 8.61. The van der Waals surface area contributed by atoms with Gasteiger partial charge in [0.25, 0.3) is 0 Å². The first-order valence-electron chi connectivity index (χ1n) is 5.63. The molecule has 1 aromatic rings. The molecule has 0 unspecified atom stereocenters. The average Bonchev–Trinajstić information content (AvgIpc) is 2.30. The standard InChI is InChI=1S/C12H20N2OS/c1-11-3-4-13-9-12(11)10-14-5-8-16-7-2-6-15/h3-4,9,14-15H,2,5-8,10H2,1H3. The molecule has 1 rings (SSSR count). The lowest BCUT2D eigenvalue weighted by Crippen LogP contribution is -2.17. The Bertz CT molecular complexity index is 294. The van der Waals surface area contributed by atoms with Gasteiger partial charge in [0.1, 0.15) is 0 Å². The van der Waals surface area contributed by atoms with Crippen LogP contribution in [0.2, 0.25) is 0 Å². The van der Waals surface area contributed by atoms with Gasteiger partial charge in [-0.05, 0) is 36.3 Å². The molecule has 0 fully saturated rings. The van der Waals surface area contributed by atoms with E-state index in [4.69, 9.17) is 5.11 Å². The van der Waals surface area contributed by atoms with Crippen LogP contribution in [-0.2, 0) is 6.54 Å². The number of nitrogens with zero attached hydrogens (tertiary/aromatic N) is 1. The SMILES string of the molecule is Cc1ccncc1CNCCSCCCO. The Morgan fingerprint density at radius 3 is 3.06 bits per heavy atom. The van der Waals surface area contributed by atoms with Gasteiger partial charge < -0.3 is 10.4 Å². The summed E-state index contributed by atoms with van der Waals surface area (Å²) in [5, 5.41) is 12.0. The molecule has 0 aliphatic heterocycles. The van der Waals surface area contributed by atoms with E-state index < -0.39 is 0 Å². The molecule has 90 valence electrons. The third-order valence-electron chi connectivity index (χ3n) is 2.33. The Balaban J connectivity index is 2.05. The highest BCUT2D eigenvalue weighted by Crippen LogP contribution is 2.04. The molecule has 0 aliphatic carbocycles. The fraction of sp³-hybridized carbons (Fsp3) is 0.583. The lowest BCUT2D eigenvalue weighted by molar-refractivity contribution is 0.296. The lowest BCUT2D eigenvalue weighted by Gasteiger charge is -2.06. The quantitative estimate of drug-likeness (QED) is 0.677. The van der Waals surface area contributed by atoms with Gasteiger partial charge in [0.15, 0.2) is 0 Å². The molecule has 0 amide bonds. The molecule has 0 bridgehead atoms. The molecule has 0 saturated carbocycles. The summed E-state index contributed by atoms with van der Waals surface area (Å²) in [5.41, 5.74) is 2.55. The van der Waals surface area contributed by atoms with Crippen molar-refractivity contribution in [1.82, 2.24) is 10.3 Å². The highest BCUT2D eigenvalue weighted by Gasteiger charge is 1.96. The Morgan fingerprint density at radius 1 is 1.44 bits per heavy atom. The van der Waals surface area contributed by atoms with Gasteiger partial charge in [-0.15, -0.1) is 0 Å². The van der Waals surface area contributed by atoms with Gasteiger partial charge >= 0.3 is 0 Å². The van der Waals surface area contributed by atoms with Gasteiger partial charge in [0.05, 0.1) is 0 Å². The van der Waals surface area contributed by atoms with Crippen LogP contribution in [-0.4, -0.2) is 34.7 Å². The van der Waals surface area contributed by atoms with Crippen molar-refractivity contribution < 1.29 is 5.11 Å². The highest BCUT2D eigenvalue weighted by atomic mass is 32.2. The van der Waals surface area contributed by atoms with Crippen LogP contribution in [0.3, 0.4) is 0 Å². The molecule has 1 aromatic heterocycles. The zero-order chi connectivity index (χ0) is 11.6. The maximum atomic E-state index is 8.61. The van der Waals surface area contributed by atoms with E-state index in [-0.39, 0.29) is 0 Å². The minimum atomic E-state index is 0.301. The maximum Gasteiger partial charge on any atom is 0.0438 e. The van der Waals surface area contributed by atoms with Crippen LogP contribution in [0.4, 0.5) is 0 Å². The van der Waals surface area contributed by atoms with Crippen LogP contribution in [0.25, 0.3) is 0 Å². The molecule has 0 aliphatic rings. The highest BCUT2D eigenvalue weighted by molar-refractivity contribution is 7.99. The van der Waals surface area contributed by atoms with E-state index >= 15 is 0 Å². The number of pyridine rings is 1. The first-order chi connectivity index (χ1) is 7.84. The summed E-state index contributed by atoms with van der Waals surface area (Å²) in [6.07, 6.45) is 4.64. The normalized spacial score (nSPS) is 10.6. The van der Waals surface area contributed by atoms with Crippen molar-refractivity contribution in [3.8, 4) is 0 Å². The van der Waals surface area contributed by atoms with Gasteiger partial charge in [-0.2, -0.15) is 11.8 Å². The third kappa shape index (κ3) is 5.49. The molecule has 0 atom stereocenters. The summed E-state index contributed by atoms with van der Waals surface area (Å²) >= 11 is 1.88. The van der Waals surface area contributed by atoms with Crippen LogP contribution in [0, 0.1) is 6.92 Å². The number of aliphatic hydroxyl groups is 1. The molecule has 4 heteroatoms. The van der Waals surface area contributed by atoms with Crippen molar-refractivity contribution >= 4 is 11.8 Å². The Kier molecular flexibility index (Phi) is 7.21. The molecule has 0 radical (unpaired) electrons. The second-order valence-electron chi connectivity index (χ2n) is 3.67. The topological polar surface area (TPSA) is 45.2 Å². The monoisotopic (exact) mass is 240 g/mol. The van der Waals surface area contributed by atoms with Gasteiger partial charge in [-0.25, -0.2) is 0 Å². The number of aromatic nitrogens is 1. The van der Waals surface area contributed by atoms with Crippen molar-refractivity contribution in [3.63, 3.8) is 0 Å². The van der Waals surface area contributed by atoms with Crippen molar-refractivity contribution in [3.05, 3.63) is 29.6 Å². The number of aliphatic hydroxyl groups excluding tert-OH is 1. The molecule has 0 aromatic carbocycles.